The van der Waals surface area contributed by atoms with Gasteiger partial charge < -0.3 is 4.98 Å². The van der Waals surface area contributed by atoms with E-state index in [0.29, 0.717) is 18.1 Å². The molecule has 0 saturated carbocycles. The largest absolute Gasteiger partial charge is 0.341 e. The molecule has 0 radical (unpaired) electrons. The van der Waals surface area contributed by atoms with Gasteiger partial charge in [0.05, 0.1) is 23.3 Å². The Bertz CT molecular complexity index is 744. The number of sulfonamides is 1. The summed E-state index contributed by atoms with van der Waals surface area (Å²) in [5, 5.41) is 0.665. The topological polar surface area (TPSA) is 78.1 Å². The number of rotatable bonds is 7. The number of aromatic amines is 1. The Balaban J connectivity index is 1.99. The molecule has 122 valence electrons. The molecule has 1 unspecified atom stereocenters. The van der Waals surface area contributed by atoms with Gasteiger partial charge in [-0.1, -0.05) is 11.6 Å². The number of hydrogen-bond donors (Lipinski definition) is 2. The van der Waals surface area contributed by atoms with Crippen molar-refractivity contribution in [3.05, 3.63) is 29.0 Å². The van der Waals surface area contributed by atoms with Crippen molar-refractivity contribution in [2.45, 2.75) is 26.4 Å². The molecule has 0 aliphatic heterocycles. The summed E-state index contributed by atoms with van der Waals surface area (Å²) in [6.45, 7) is 4.56. The number of fused-ring (bicyclic) bond motifs is 1. The fourth-order valence-electron chi connectivity index (χ4n) is 2.01. The highest BCUT2D eigenvalue weighted by molar-refractivity contribution is 7.89. The van der Waals surface area contributed by atoms with Crippen molar-refractivity contribution in [2.24, 2.45) is 0 Å². The quantitative estimate of drug-likeness (QED) is 0.805. The van der Waals surface area contributed by atoms with E-state index >= 15 is 0 Å². The first-order valence-corrected chi connectivity index (χ1v) is 9.15. The molecule has 8 heteroatoms. The minimum atomic E-state index is -3.16. The van der Waals surface area contributed by atoms with Crippen LogP contribution in [-0.4, -0.2) is 48.7 Å². The number of halogens is 1. The molecule has 22 heavy (non-hydrogen) atoms. The van der Waals surface area contributed by atoms with Gasteiger partial charge in [0.15, 0.2) is 0 Å². The van der Waals surface area contributed by atoms with Crippen molar-refractivity contribution >= 4 is 32.7 Å². The lowest BCUT2D eigenvalue weighted by Crippen LogP contribution is -2.40. The van der Waals surface area contributed by atoms with Crippen LogP contribution in [-0.2, 0) is 16.6 Å². The molecule has 0 bridgehead atoms. The lowest BCUT2D eigenvalue weighted by molar-refractivity contribution is 0.245. The average molecular weight is 345 g/mol. The van der Waals surface area contributed by atoms with Crippen molar-refractivity contribution in [3.63, 3.8) is 0 Å². The van der Waals surface area contributed by atoms with Crippen LogP contribution in [0.4, 0.5) is 0 Å². The highest BCUT2D eigenvalue weighted by Crippen LogP contribution is 2.17. The van der Waals surface area contributed by atoms with Crippen LogP contribution in [0.5, 0.6) is 0 Å². The summed E-state index contributed by atoms with van der Waals surface area (Å²) in [5.74, 6) is 0.915. The molecule has 1 atom stereocenters. The smallest absolute Gasteiger partial charge is 0.211 e. The summed E-state index contributed by atoms with van der Waals surface area (Å²) in [6.07, 6.45) is 0. The molecule has 0 spiro atoms. The zero-order chi connectivity index (χ0) is 16.3. The maximum atomic E-state index is 11.5. The number of nitrogens with zero attached hydrogens (tertiary/aromatic N) is 2. The number of nitrogens with one attached hydrogen (secondary N) is 2. The fraction of sp³-hybridized carbons (Fsp3) is 0.500. The van der Waals surface area contributed by atoms with E-state index in [1.807, 2.05) is 31.0 Å². The first-order valence-electron chi connectivity index (χ1n) is 7.12. The molecule has 0 aliphatic rings. The summed E-state index contributed by atoms with van der Waals surface area (Å²) in [7, 11) is -1.23. The molecule has 1 heterocycles. The Morgan fingerprint density at radius 1 is 1.45 bits per heavy atom. The Kier molecular flexibility index (Phi) is 5.44. The molecular weight excluding hydrogens is 324 g/mol. The van der Waals surface area contributed by atoms with Gasteiger partial charge in [0.2, 0.25) is 10.0 Å². The number of likely N-dealkylation sites (N-methyl/N-ethyl adjacent to an activating group) is 1. The molecular formula is C14H21ClN4O2S. The van der Waals surface area contributed by atoms with Crippen LogP contribution in [0.2, 0.25) is 5.02 Å². The molecule has 0 amide bonds. The van der Waals surface area contributed by atoms with Crippen molar-refractivity contribution in [1.29, 1.82) is 0 Å². The molecule has 2 N–H and O–H groups in total. The van der Waals surface area contributed by atoms with Crippen LogP contribution in [0.3, 0.4) is 0 Å². The van der Waals surface area contributed by atoms with Gasteiger partial charge >= 0.3 is 0 Å². The molecule has 2 aromatic rings. The van der Waals surface area contributed by atoms with E-state index in [9.17, 15) is 8.42 Å². The van der Waals surface area contributed by atoms with Crippen LogP contribution in [0.1, 0.15) is 19.7 Å². The minimum absolute atomic E-state index is 0.0538. The molecule has 1 aromatic heterocycles. The third kappa shape index (κ3) is 4.42. The molecule has 6 nitrogen and oxygen atoms in total. The maximum absolute atomic E-state index is 11.5. The summed E-state index contributed by atoms with van der Waals surface area (Å²) in [5.41, 5.74) is 1.77. The Labute approximate surface area is 135 Å². The van der Waals surface area contributed by atoms with E-state index in [1.165, 1.54) is 0 Å². The summed E-state index contributed by atoms with van der Waals surface area (Å²) >= 11 is 5.96. The van der Waals surface area contributed by atoms with Gasteiger partial charge in [0.1, 0.15) is 5.82 Å². The molecule has 0 saturated heterocycles. The molecule has 0 aliphatic carbocycles. The van der Waals surface area contributed by atoms with Gasteiger partial charge in [-0.15, -0.1) is 0 Å². The average Bonchev–Trinajstić information content (AvgIpc) is 2.86. The van der Waals surface area contributed by atoms with Crippen LogP contribution >= 0.6 is 11.6 Å². The third-order valence-electron chi connectivity index (χ3n) is 3.62. The molecule has 0 fully saturated rings. The van der Waals surface area contributed by atoms with E-state index < -0.39 is 10.0 Å². The molecule has 1 aromatic carbocycles. The maximum Gasteiger partial charge on any atom is 0.211 e. The number of imidazole rings is 1. The lowest BCUT2D eigenvalue weighted by atomic mass is 10.3. The van der Waals surface area contributed by atoms with Crippen molar-refractivity contribution in [1.82, 2.24) is 19.6 Å². The van der Waals surface area contributed by atoms with Crippen LogP contribution < -0.4 is 4.72 Å². The second kappa shape index (κ2) is 6.95. The predicted octanol–water partition coefficient (Wildman–Crippen LogP) is 1.98. The second-order valence-corrected chi connectivity index (χ2v) is 7.89. The Hall–Kier alpha value is -1.15. The van der Waals surface area contributed by atoms with E-state index in [4.69, 9.17) is 11.6 Å². The van der Waals surface area contributed by atoms with E-state index in [0.717, 1.165) is 16.9 Å². The lowest BCUT2D eigenvalue weighted by Gasteiger charge is -2.23. The van der Waals surface area contributed by atoms with Crippen LogP contribution in [0.15, 0.2) is 18.2 Å². The zero-order valence-corrected chi connectivity index (χ0v) is 14.5. The van der Waals surface area contributed by atoms with Gasteiger partial charge in [-0.05, 0) is 39.1 Å². The number of hydrogen-bond acceptors (Lipinski definition) is 4. The summed E-state index contributed by atoms with van der Waals surface area (Å²) in [4.78, 5) is 9.78. The number of aromatic nitrogens is 2. The summed E-state index contributed by atoms with van der Waals surface area (Å²) in [6, 6.07) is 5.57. The third-order valence-corrected chi connectivity index (χ3v) is 5.22. The van der Waals surface area contributed by atoms with E-state index in [1.54, 1.807) is 13.0 Å². The Morgan fingerprint density at radius 3 is 2.86 bits per heavy atom. The van der Waals surface area contributed by atoms with E-state index in [2.05, 4.69) is 14.7 Å². The van der Waals surface area contributed by atoms with Gasteiger partial charge in [0, 0.05) is 17.6 Å². The molecule has 2 rings (SSSR count). The normalized spacial score (nSPS) is 13.9. The van der Waals surface area contributed by atoms with E-state index in [-0.39, 0.29) is 11.8 Å². The predicted molar refractivity (Wildman–Crippen MR) is 89.5 cm³/mol. The fourth-order valence-corrected chi connectivity index (χ4v) is 2.88. The van der Waals surface area contributed by atoms with Crippen molar-refractivity contribution in [3.8, 4) is 0 Å². The highest BCUT2D eigenvalue weighted by Gasteiger charge is 2.15. The number of H-pyrrole nitrogens is 1. The monoisotopic (exact) mass is 344 g/mol. The first kappa shape index (κ1) is 17.2. The van der Waals surface area contributed by atoms with Gasteiger partial charge in [-0.3, -0.25) is 4.90 Å². The number of benzene rings is 1. The van der Waals surface area contributed by atoms with Gasteiger partial charge in [-0.25, -0.2) is 18.1 Å². The second-order valence-electron chi connectivity index (χ2n) is 5.36. The van der Waals surface area contributed by atoms with Crippen molar-refractivity contribution < 1.29 is 8.42 Å². The highest BCUT2D eigenvalue weighted by atomic mass is 35.5. The Morgan fingerprint density at radius 2 is 2.18 bits per heavy atom. The first-order chi connectivity index (χ1) is 10.3. The van der Waals surface area contributed by atoms with Gasteiger partial charge in [0.25, 0.3) is 0 Å². The van der Waals surface area contributed by atoms with Crippen LogP contribution in [0, 0.1) is 0 Å². The SMILES string of the molecule is CCS(=O)(=O)NCC(C)N(C)Cc1nc2ccc(Cl)cc2[nH]1. The summed E-state index contributed by atoms with van der Waals surface area (Å²) < 4.78 is 25.5. The van der Waals surface area contributed by atoms with Crippen molar-refractivity contribution in [2.75, 3.05) is 19.3 Å². The minimum Gasteiger partial charge on any atom is -0.341 e. The van der Waals surface area contributed by atoms with Gasteiger partial charge in [-0.2, -0.15) is 0 Å². The van der Waals surface area contributed by atoms with Crippen LogP contribution in [0.25, 0.3) is 11.0 Å². The zero-order valence-electron chi connectivity index (χ0n) is 12.9. The standard InChI is InChI=1S/C14H21ClN4O2S/c1-4-22(20,21)16-8-10(2)19(3)9-14-17-12-6-5-11(15)7-13(12)18-14/h5-7,10,16H,4,8-9H2,1-3H3,(H,17,18).